The summed E-state index contributed by atoms with van der Waals surface area (Å²) in [6.07, 6.45) is 0. The number of rotatable bonds is 3. The van der Waals surface area contributed by atoms with E-state index in [9.17, 15) is 13.6 Å². The van der Waals surface area contributed by atoms with Crippen LogP contribution in [0.25, 0.3) is 0 Å². The predicted molar refractivity (Wildman–Crippen MR) is 68.6 cm³/mol. The third-order valence-electron chi connectivity index (χ3n) is 2.56. The molecule has 0 aromatic heterocycles. The third kappa shape index (κ3) is 3.12. The van der Waals surface area contributed by atoms with Crippen LogP contribution in [0.4, 0.5) is 8.78 Å². The molecule has 2 nitrogen and oxygen atoms in total. The fraction of sp³-hybridized carbons (Fsp3) is 0.0714. The minimum Gasteiger partial charge on any atom is -0.478 e. The van der Waals surface area contributed by atoms with Gasteiger partial charge in [-0.3, -0.25) is 0 Å². The van der Waals surface area contributed by atoms with Crippen molar-refractivity contribution in [2.75, 3.05) is 0 Å². The molecule has 0 heterocycles. The van der Waals surface area contributed by atoms with E-state index in [0.717, 1.165) is 17.0 Å². The van der Waals surface area contributed by atoms with Gasteiger partial charge in [-0.2, -0.15) is 0 Å². The maximum absolute atomic E-state index is 13.1. The Labute approximate surface area is 113 Å². The SMILES string of the molecule is Cc1cc(Sc2ccc(F)c(F)c2)ccc1C(=O)O. The van der Waals surface area contributed by atoms with E-state index in [1.165, 1.54) is 23.9 Å². The van der Waals surface area contributed by atoms with E-state index in [1.54, 1.807) is 19.1 Å². The first-order chi connectivity index (χ1) is 8.97. The summed E-state index contributed by atoms with van der Waals surface area (Å²) in [6, 6.07) is 8.50. The Morgan fingerprint density at radius 3 is 2.26 bits per heavy atom. The zero-order valence-electron chi connectivity index (χ0n) is 9.98. The molecule has 0 aliphatic heterocycles. The van der Waals surface area contributed by atoms with Crippen LogP contribution in [0.2, 0.25) is 0 Å². The van der Waals surface area contributed by atoms with E-state index in [4.69, 9.17) is 5.11 Å². The number of carbonyl (C=O) groups is 1. The summed E-state index contributed by atoms with van der Waals surface area (Å²) in [4.78, 5) is 12.2. The Hall–Kier alpha value is -1.88. The molecule has 2 rings (SSSR count). The highest BCUT2D eigenvalue weighted by Gasteiger charge is 2.09. The van der Waals surface area contributed by atoms with E-state index in [-0.39, 0.29) is 5.56 Å². The molecule has 0 aliphatic rings. The van der Waals surface area contributed by atoms with Crippen molar-refractivity contribution >= 4 is 17.7 Å². The van der Waals surface area contributed by atoms with Gasteiger partial charge in [-0.05, 0) is 48.9 Å². The molecule has 0 spiro atoms. The Kier molecular flexibility index (Phi) is 3.85. The van der Waals surface area contributed by atoms with Crippen LogP contribution in [-0.4, -0.2) is 11.1 Å². The van der Waals surface area contributed by atoms with Crippen LogP contribution in [0, 0.1) is 18.6 Å². The highest BCUT2D eigenvalue weighted by Crippen LogP contribution is 2.30. The third-order valence-corrected chi connectivity index (χ3v) is 3.53. The van der Waals surface area contributed by atoms with Crippen molar-refractivity contribution in [1.29, 1.82) is 0 Å². The van der Waals surface area contributed by atoms with Crippen LogP contribution in [0.5, 0.6) is 0 Å². The van der Waals surface area contributed by atoms with Gasteiger partial charge in [-0.15, -0.1) is 0 Å². The zero-order chi connectivity index (χ0) is 14.0. The fourth-order valence-electron chi connectivity index (χ4n) is 1.62. The average molecular weight is 280 g/mol. The Balaban J connectivity index is 2.26. The second kappa shape index (κ2) is 5.40. The molecule has 19 heavy (non-hydrogen) atoms. The van der Waals surface area contributed by atoms with Crippen molar-refractivity contribution in [1.82, 2.24) is 0 Å². The molecule has 5 heteroatoms. The monoisotopic (exact) mass is 280 g/mol. The smallest absolute Gasteiger partial charge is 0.335 e. The highest BCUT2D eigenvalue weighted by atomic mass is 32.2. The van der Waals surface area contributed by atoms with Crippen molar-refractivity contribution in [2.24, 2.45) is 0 Å². The van der Waals surface area contributed by atoms with E-state index in [0.29, 0.717) is 10.5 Å². The molecule has 0 fully saturated rings. The van der Waals surface area contributed by atoms with Crippen molar-refractivity contribution in [3.05, 3.63) is 59.2 Å². The number of carboxylic acid groups (broad SMARTS) is 1. The van der Waals surface area contributed by atoms with Crippen molar-refractivity contribution in [2.45, 2.75) is 16.7 Å². The maximum Gasteiger partial charge on any atom is 0.335 e. The van der Waals surface area contributed by atoms with E-state index in [1.807, 2.05) is 0 Å². The minimum absolute atomic E-state index is 0.231. The number of benzene rings is 2. The van der Waals surface area contributed by atoms with Gasteiger partial charge in [0.2, 0.25) is 0 Å². The lowest BCUT2D eigenvalue weighted by Gasteiger charge is -2.05. The van der Waals surface area contributed by atoms with Crippen LogP contribution < -0.4 is 0 Å². The maximum atomic E-state index is 13.1. The van der Waals surface area contributed by atoms with E-state index < -0.39 is 17.6 Å². The lowest BCUT2D eigenvalue weighted by Crippen LogP contribution is -1.99. The number of aromatic carboxylic acids is 1. The molecule has 2 aromatic carbocycles. The molecule has 0 aliphatic carbocycles. The van der Waals surface area contributed by atoms with Crippen molar-refractivity contribution < 1.29 is 18.7 Å². The van der Waals surface area contributed by atoms with Gasteiger partial charge in [0, 0.05) is 9.79 Å². The number of hydrogen-bond donors (Lipinski definition) is 1. The predicted octanol–water partition coefficient (Wildman–Crippen LogP) is 4.12. The Bertz CT molecular complexity index is 641. The summed E-state index contributed by atoms with van der Waals surface area (Å²) >= 11 is 1.25. The molecule has 0 unspecified atom stereocenters. The quantitative estimate of drug-likeness (QED) is 0.918. The van der Waals surface area contributed by atoms with Gasteiger partial charge in [0.05, 0.1) is 5.56 Å². The van der Waals surface area contributed by atoms with Crippen molar-refractivity contribution in [3.8, 4) is 0 Å². The standard InChI is InChI=1S/C14H10F2O2S/c1-8-6-9(2-4-11(8)14(17)18)19-10-3-5-12(15)13(16)7-10/h2-7H,1H3,(H,17,18). The molecule has 0 bridgehead atoms. The normalized spacial score (nSPS) is 10.5. The molecule has 0 amide bonds. The molecule has 0 saturated heterocycles. The molecule has 0 radical (unpaired) electrons. The molecule has 98 valence electrons. The van der Waals surface area contributed by atoms with Gasteiger partial charge in [0.25, 0.3) is 0 Å². The summed E-state index contributed by atoms with van der Waals surface area (Å²) < 4.78 is 25.9. The van der Waals surface area contributed by atoms with Gasteiger partial charge in [0.15, 0.2) is 11.6 Å². The second-order valence-corrected chi connectivity index (χ2v) is 5.11. The summed E-state index contributed by atoms with van der Waals surface area (Å²) in [7, 11) is 0. The van der Waals surface area contributed by atoms with Gasteiger partial charge in [-0.1, -0.05) is 11.8 Å². The first kappa shape index (κ1) is 13.5. The second-order valence-electron chi connectivity index (χ2n) is 3.96. The summed E-state index contributed by atoms with van der Waals surface area (Å²) in [6.45, 7) is 1.69. The van der Waals surface area contributed by atoms with Gasteiger partial charge < -0.3 is 5.11 Å². The molecular formula is C14H10F2O2S. The van der Waals surface area contributed by atoms with E-state index in [2.05, 4.69) is 0 Å². The number of halogens is 2. The fourth-order valence-corrected chi connectivity index (χ4v) is 2.56. The average Bonchev–Trinajstić information content (AvgIpc) is 2.33. The lowest BCUT2D eigenvalue weighted by molar-refractivity contribution is 0.0696. The van der Waals surface area contributed by atoms with Crippen molar-refractivity contribution in [3.63, 3.8) is 0 Å². The van der Waals surface area contributed by atoms with Gasteiger partial charge >= 0.3 is 5.97 Å². The molecule has 0 saturated carbocycles. The van der Waals surface area contributed by atoms with Crippen LogP contribution in [0.15, 0.2) is 46.2 Å². The first-order valence-electron chi connectivity index (χ1n) is 5.44. The topological polar surface area (TPSA) is 37.3 Å². The largest absolute Gasteiger partial charge is 0.478 e. The Morgan fingerprint density at radius 1 is 1.05 bits per heavy atom. The Morgan fingerprint density at radius 2 is 1.68 bits per heavy atom. The highest BCUT2D eigenvalue weighted by molar-refractivity contribution is 7.99. The molecule has 1 N–H and O–H groups in total. The molecular weight excluding hydrogens is 270 g/mol. The number of carboxylic acids is 1. The molecule has 2 aromatic rings. The van der Waals surface area contributed by atoms with E-state index >= 15 is 0 Å². The molecule has 0 atom stereocenters. The van der Waals surface area contributed by atoms with Gasteiger partial charge in [-0.25, -0.2) is 13.6 Å². The summed E-state index contributed by atoms with van der Waals surface area (Å²) in [5.41, 5.74) is 0.856. The van der Waals surface area contributed by atoms with Gasteiger partial charge in [0.1, 0.15) is 0 Å². The van der Waals surface area contributed by atoms with Crippen LogP contribution in [0.3, 0.4) is 0 Å². The van der Waals surface area contributed by atoms with Crippen LogP contribution >= 0.6 is 11.8 Å². The van der Waals surface area contributed by atoms with Crippen LogP contribution in [-0.2, 0) is 0 Å². The number of aryl methyl sites for hydroxylation is 1. The lowest BCUT2D eigenvalue weighted by atomic mass is 10.1. The first-order valence-corrected chi connectivity index (χ1v) is 6.26. The summed E-state index contributed by atoms with van der Waals surface area (Å²) in [5, 5.41) is 8.92. The number of hydrogen-bond acceptors (Lipinski definition) is 2. The zero-order valence-corrected chi connectivity index (χ0v) is 10.8. The minimum atomic E-state index is -0.984. The summed E-state index contributed by atoms with van der Waals surface area (Å²) in [5.74, 6) is -2.77. The van der Waals surface area contributed by atoms with Crippen LogP contribution in [0.1, 0.15) is 15.9 Å².